The van der Waals surface area contributed by atoms with Gasteiger partial charge in [0.15, 0.2) is 5.65 Å². The Morgan fingerprint density at radius 1 is 1.15 bits per heavy atom. The highest BCUT2D eigenvalue weighted by atomic mass is 16.5. The van der Waals surface area contributed by atoms with Crippen LogP contribution in [-0.2, 0) is 7.05 Å². The van der Waals surface area contributed by atoms with E-state index >= 15 is 0 Å². The topological polar surface area (TPSA) is 63.5 Å². The molecule has 1 aliphatic rings. The Morgan fingerprint density at radius 2 is 1.89 bits per heavy atom. The molecule has 7 nitrogen and oxygen atoms in total. The van der Waals surface area contributed by atoms with Crippen LogP contribution in [0.15, 0.2) is 36.7 Å². The van der Waals surface area contributed by atoms with E-state index in [4.69, 9.17) is 4.74 Å². The number of aromatic nitrogens is 3. The van der Waals surface area contributed by atoms with E-state index in [9.17, 15) is 4.79 Å². The summed E-state index contributed by atoms with van der Waals surface area (Å²) < 4.78 is 7.27. The fraction of sp³-hybridized carbons (Fsp3) is 0.350. The Labute approximate surface area is 158 Å². The van der Waals surface area contributed by atoms with Crippen molar-refractivity contribution >= 4 is 28.3 Å². The molecule has 1 aromatic carbocycles. The molecule has 2 aromatic heterocycles. The molecule has 0 N–H and O–H groups in total. The van der Waals surface area contributed by atoms with Gasteiger partial charge in [0.05, 0.1) is 30.1 Å². The lowest BCUT2D eigenvalue weighted by Crippen LogP contribution is -2.35. The summed E-state index contributed by atoms with van der Waals surface area (Å²) in [5, 5.41) is 4.97. The zero-order valence-corrected chi connectivity index (χ0v) is 16.0. The van der Waals surface area contributed by atoms with Gasteiger partial charge in [-0.3, -0.25) is 9.48 Å². The number of rotatable bonds is 2. The number of methoxy groups -OCH3 is 1. The minimum Gasteiger partial charge on any atom is -0.495 e. The second-order valence-corrected chi connectivity index (χ2v) is 7.10. The van der Waals surface area contributed by atoms with Crippen LogP contribution in [-0.4, -0.2) is 47.9 Å². The quantitative estimate of drug-likeness (QED) is 0.699. The zero-order valence-electron chi connectivity index (χ0n) is 16.0. The van der Waals surface area contributed by atoms with Crippen LogP contribution in [0.1, 0.15) is 17.3 Å². The average Bonchev–Trinajstić information content (AvgIpc) is 2.99. The highest BCUT2D eigenvalue weighted by Gasteiger charge is 2.30. The largest absolute Gasteiger partial charge is 0.495 e. The van der Waals surface area contributed by atoms with Gasteiger partial charge in [0.2, 0.25) is 0 Å². The van der Waals surface area contributed by atoms with Crippen molar-refractivity contribution in [2.24, 2.45) is 13.0 Å². The molecule has 0 bridgehead atoms. The third-order valence-corrected chi connectivity index (χ3v) is 5.06. The molecule has 140 valence electrons. The highest BCUT2D eigenvalue weighted by Crippen LogP contribution is 2.35. The number of nitrogens with zero attached hydrogens (tertiary/aromatic N) is 5. The molecule has 0 saturated heterocycles. The number of hydrogen-bond acceptors (Lipinski definition) is 5. The molecule has 1 amide bonds. The van der Waals surface area contributed by atoms with Gasteiger partial charge in [-0.1, -0.05) is 19.1 Å². The lowest BCUT2D eigenvalue weighted by molar-refractivity contribution is 0.0981. The molecule has 0 saturated carbocycles. The third kappa shape index (κ3) is 2.79. The Morgan fingerprint density at radius 3 is 2.63 bits per heavy atom. The second-order valence-electron chi connectivity index (χ2n) is 7.10. The minimum atomic E-state index is -0.111. The van der Waals surface area contributed by atoms with Gasteiger partial charge in [-0.15, -0.1) is 0 Å². The molecule has 3 aromatic rings. The molecule has 7 heteroatoms. The van der Waals surface area contributed by atoms with Crippen LogP contribution in [0.25, 0.3) is 11.0 Å². The van der Waals surface area contributed by atoms with E-state index in [1.54, 1.807) is 24.2 Å². The number of carbonyl (C=O) groups excluding carboxylic acids is 1. The molecule has 0 spiro atoms. The first-order valence-electron chi connectivity index (χ1n) is 8.98. The van der Waals surface area contributed by atoms with Crippen LogP contribution >= 0.6 is 0 Å². The molecule has 4 rings (SSSR count). The maximum absolute atomic E-state index is 13.6. The lowest BCUT2D eigenvalue weighted by atomic mass is 10.1. The summed E-state index contributed by atoms with van der Waals surface area (Å²) in [6, 6.07) is 8.00. The van der Waals surface area contributed by atoms with Gasteiger partial charge < -0.3 is 14.5 Å². The van der Waals surface area contributed by atoms with E-state index in [1.807, 2.05) is 36.2 Å². The predicted octanol–water partition coefficient (Wildman–Crippen LogP) is 2.71. The van der Waals surface area contributed by atoms with Crippen LogP contribution in [0.5, 0.6) is 5.75 Å². The van der Waals surface area contributed by atoms with Crippen LogP contribution in [0.2, 0.25) is 0 Å². The van der Waals surface area contributed by atoms with Crippen molar-refractivity contribution in [2.75, 3.05) is 37.0 Å². The van der Waals surface area contributed by atoms with Crippen LogP contribution < -0.4 is 14.5 Å². The molecular weight excluding hydrogens is 342 g/mol. The van der Waals surface area contributed by atoms with Gasteiger partial charge in [0.1, 0.15) is 11.3 Å². The van der Waals surface area contributed by atoms with Crippen molar-refractivity contribution in [2.45, 2.75) is 6.92 Å². The standard InChI is InChI=1S/C20H23N5O2/c1-13-11-23(2)16-7-5-6-8-17(16)25(12-13)20(26)15-9-21-19-14(18(15)27-4)10-22-24(19)3/h5-10,13H,11-12H2,1-4H3. The van der Waals surface area contributed by atoms with Gasteiger partial charge in [-0.25, -0.2) is 4.98 Å². The molecule has 3 heterocycles. The summed E-state index contributed by atoms with van der Waals surface area (Å²) in [7, 11) is 5.46. The number of amides is 1. The fourth-order valence-corrected chi connectivity index (χ4v) is 3.83. The Balaban J connectivity index is 1.85. The van der Waals surface area contributed by atoms with Gasteiger partial charge in [-0.2, -0.15) is 5.10 Å². The zero-order chi connectivity index (χ0) is 19.1. The molecular formula is C20H23N5O2. The number of carbonyl (C=O) groups is 1. The first-order chi connectivity index (χ1) is 13.0. The normalized spacial score (nSPS) is 17.0. The van der Waals surface area contributed by atoms with Crippen LogP contribution in [0, 0.1) is 5.92 Å². The van der Waals surface area contributed by atoms with Crippen LogP contribution in [0.4, 0.5) is 11.4 Å². The van der Waals surface area contributed by atoms with Crippen molar-refractivity contribution < 1.29 is 9.53 Å². The number of benzene rings is 1. The Kier molecular flexibility index (Phi) is 4.22. The van der Waals surface area contributed by atoms with Crippen LogP contribution in [0.3, 0.4) is 0 Å². The first-order valence-corrected chi connectivity index (χ1v) is 8.98. The van der Waals surface area contributed by atoms with Crippen molar-refractivity contribution in [1.29, 1.82) is 0 Å². The lowest BCUT2D eigenvalue weighted by Gasteiger charge is -2.25. The number of pyridine rings is 1. The number of fused-ring (bicyclic) bond motifs is 2. The van der Waals surface area contributed by atoms with Crippen molar-refractivity contribution in [3.63, 3.8) is 0 Å². The highest BCUT2D eigenvalue weighted by molar-refractivity contribution is 6.11. The van der Waals surface area contributed by atoms with Crippen molar-refractivity contribution in [3.8, 4) is 5.75 Å². The van der Waals surface area contributed by atoms with E-state index in [1.165, 1.54) is 0 Å². The monoisotopic (exact) mass is 365 g/mol. The molecule has 0 aliphatic carbocycles. The summed E-state index contributed by atoms with van der Waals surface area (Å²) in [5.41, 5.74) is 3.09. The average molecular weight is 365 g/mol. The molecule has 27 heavy (non-hydrogen) atoms. The number of aryl methyl sites for hydroxylation is 1. The third-order valence-electron chi connectivity index (χ3n) is 5.06. The first kappa shape index (κ1) is 17.3. The Hall–Kier alpha value is -3.09. The second kappa shape index (κ2) is 6.57. The molecule has 1 aliphatic heterocycles. The van der Waals surface area contributed by atoms with Gasteiger partial charge in [-0.05, 0) is 18.1 Å². The molecule has 0 radical (unpaired) electrons. The SMILES string of the molecule is COc1c(C(=O)N2CC(C)CN(C)c3ccccc32)cnc2c1cnn2C. The molecule has 1 atom stereocenters. The van der Waals surface area contributed by atoms with Gasteiger partial charge in [0, 0.05) is 33.4 Å². The predicted molar refractivity (Wildman–Crippen MR) is 106 cm³/mol. The Bertz CT molecular complexity index is 1010. The maximum Gasteiger partial charge on any atom is 0.263 e. The van der Waals surface area contributed by atoms with Crippen molar-refractivity contribution in [1.82, 2.24) is 14.8 Å². The van der Waals surface area contributed by atoms with Gasteiger partial charge in [0.25, 0.3) is 5.91 Å². The number of hydrogen-bond donors (Lipinski definition) is 0. The van der Waals surface area contributed by atoms with E-state index in [0.29, 0.717) is 29.4 Å². The smallest absolute Gasteiger partial charge is 0.263 e. The number of anilines is 2. The van der Waals surface area contributed by atoms with E-state index in [2.05, 4.69) is 29.0 Å². The summed E-state index contributed by atoms with van der Waals surface area (Å²) in [6.07, 6.45) is 3.28. The summed E-state index contributed by atoms with van der Waals surface area (Å²) in [4.78, 5) is 22.0. The van der Waals surface area contributed by atoms with E-state index < -0.39 is 0 Å². The van der Waals surface area contributed by atoms with E-state index in [0.717, 1.165) is 23.3 Å². The summed E-state index contributed by atoms with van der Waals surface area (Å²) >= 11 is 0. The van der Waals surface area contributed by atoms with E-state index in [-0.39, 0.29) is 5.91 Å². The summed E-state index contributed by atoms with van der Waals surface area (Å²) in [6.45, 7) is 3.68. The summed E-state index contributed by atoms with van der Waals surface area (Å²) in [5.74, 6) is 0.730. The number of ether oxygens (including phenoxy) is 1. The number of para-hydroxylation sites is 2. The molecule has 1 unspecified atom stereocenters. The maximum atomic E-state index is 13.6. The minimum absolute atomic E-state index is 0.111. The molecule has 0 fully saturated rings. The van der Waals surface area contributed by atoms with Gasteiger partial charge >= 0.3 is 0 Å². The van der Waals surface area contributed by atoms with Crippen molar-refractivity contribution in [3.05, 3.63) is 42.2 Å². The fourth-order valence-electron chi connectivity index (χ4n) is 3.83.